The van der Waals surface area contributed by atoms with E-state index in [-0.39, 0.29) is 5.91 Å². The van der Waals surface area contributed by atoms with Gasteiger partial charge in [0.1, 0.15) is 11.5 Å². The first-order valence-corrected chi connectivity index (χ1v) is 9.23. The van der Waals surface area contributed by atoms with Gasteiger partial charge in [-0.15, -0.1) is 0 Å². The molecule has 2 aromatic carbocycles. The molecule has 1 N–H and O–H groups in total. The fourth-order valence-electron chi connectivity index (χ4n) is 2.66. The number of carbonyl (C=O) groups is 1. The minimum absolute atomic E-state index is 0.0856. The molecule has 0 aromatic heterocycles. The highest BCUT2D eigenvalue weighted by Crippen LogP contribution is 2.21. The molecule has 0 heterocycles. The average molecular weight is 355 g/mol. The summed E-state index contributed by atoms with van der Waals surface area (Å²) >= 11 is 0. The highest BCUT2D eigenvalue weighted by atomic mass is 16.5. The fourth-order valence-corrected chi connectivity index (χ4v) is 2.66. The molecule has 0 bridgehead atoms. The summed E-state index contributed by atoms with van der Waals surface area (Å²) in [5.41, 5.74) is 3.47. The van der Waals surface area contributed by atoms with Gasteiger partial charge in [-0.2, -0.15) is 0 Å². The summed E-state index contributed by atoms with van der Waals surface area (Å²) in [6, 6.07) is 14.0. The number of hydrogen-bond donors (Lipinski definition) is 1. The van der Waals surface area contributed by atoms with Crippen LogP contribution in [0.4, 0.5) is 0 Å². The van der Waals surface area contributed by atoms with Crippen molar-refractivity contribution in [3.8, 4) is 11.5 Å². The first kappa shape index (κ1) is 19.8. The number of benzene rings is 2. The average Bonchev–Trinajstić information content (AvgIpc) is 2.64. The molecule has 0 saturated carbocycles. The van der Waals surface area contributed by atoms with Crippen LogP contribution < -0.4 is 14.8 Å². The zero-order valence-electron chi connectivity index (χ0n) is 16.2. The molecule has 0 aliphatic carbocycles. The Bertz CT molecular complexity index is 710. The number of rotatable bonds is 9. The zero-order valence-corrected chi connectivity index (χ0v) is 16.2. The third-order valence-corrected chi connectivity index (χ3v) is 4.40. The summed E-state index contributed by atoms with van der Waals surface area (Å²) in [7, 11) is 0. The molecule has 2 aromatic rings. The lowest BCUT2D eigenvalue weighted by Gasteiger charge is -2.17. The Morgan fingerprint density at radius 1 is 1.12 bits per heavy atom. The summed E-state index contributed by atoms with van der Waals surface area (Å²) in [6.07, 6.45) is 1.29. The second-order valence-electron chi connectivity index (χ2n) is 6.43. The molecule has 1 amide bonds. The number of aryl methyl sites for hydroxylation is 2. The smallest absolute Gasteiger partial charge is 0.260 e. The monoisotopic (exact) mass is 355 g/mol. The van der Waals surface area contributed by atoms with Crippen molar-refractivity contribution in [1.29, 1.82) is 0 Å². The minimum Gasteiger partial charge on any atom is -0.494 e. The number of hydrogen-bond acceptors (Lipinski definition) is 3. The predicted octanol–water partition coefficient (Wildman–Crippen LogP) is 4.22. The lowest BCUT2D eigenvalue weighted by molar-refractivity contribution is -0.127. The van der Waals surface area contributed by atoms with E-state index in [0.717, 1.165) is 35.5 Å². The maximum atomic E-state index is 12.2. The summed E-state index contributed by atoms with van der Waals surface area (Å²) in [6.45, 7) is 9.10. The van der Waals surface area contributed by atoms with Gasteiger partial charge in [0.2, 0.25) is 0 Å². The number of amides is 1. The maximum Gasteiger partial charge on any atom is 0.260 e. The molecule has 0 aliphatic heterocycles. The molecule has 0 radical (unpaired) electrons. The number of nitrogens with one attached hydrogen (secondary N) is 1. The largest absolute Gasteiger partial charge is 0.494 e. The van der Waals surface area contributed by atoms with Gasteiger partial charge < -0.3 is 14.8 Å². The van der Waals surface area contributed by atoms with Gasteiger partial charge in [-0.05, 0) is 75.4 Å². The molecule has 26 heavy (non-hydrogen) atoms. The lowest BCUT2D eigenvalue weighted by atomic mass is 10.1. The Balaban J connectivity index is 1.73. The van der Waals surface area contributed by atoms with Crippen molar-refractivity contribution >= 4 is 5.91 Å². The highest BCUT2D eigenvalue weighted by Gasteiger charge is 2.15. The molecule has 1 unspecified atom stereocenters. The molecule has 0 saturated heterocycles. The molecular formula is C22H29NO3. The Morgan fingerprint density at radius 2 is 1.85 bits per heavy atom. The normalized spacial score (nSPS) is 11.7. The maximum absolute atomic E-state index is 12.2. The molecule has 140 valence electrons. The van der Waals surface area contributed by atoms with E-state index in [4.69, 9.17) is 9.47 Å². The molecular weight excluding hydrogens is 326 g/mol. The number of ether oxygens (including phenoxy) is 2. The van der Waals surface area contributed by atoms with Crippen LogP contribution in [0.3, 0.4) is 0 Å². The standard InChI is InChI=1S/C22H29NO3/c1-5-25-20-13-11-19(12-14-20)9-7-15-23-22(24)18(4)26-21-10-6-8-16(2)17(21)3/h6,8,10-14,18H,5,7,9,15H2,1-4H3,(H,23,24). The third-order valence-electron chi connectivity index (χ3n) is 4.40. The summed E-state index contributed by atoms with van der Waals surface area (Å²) in [5, 5.41) is 2.95. The van der Waals surface area contributed by atoms with Gasteiger partial charge in [0.25, 0.3) is 5.91 Å². The zero-order chi connectivity index (χ0) is 18.9. The molecule has 4 heteroatoms. The van der Waals surface area contributed by atoms with Crippen LogP contribution in [0.2, 0.25) is 0 Å². The van der Waals surface area contributed by atoms with Gasteiger partial charge in [-0.25, -0.2) is 0 Å². The van der Waals surface area contributed by atoms with Gasteiger partial charge in [0, 0.05) is 6.54 Å². The van der Waals surface area contributed by atoms with E-state index >= 15 is 0 Å². The summed E-state index contributed by atoms with van der Waals surface area (Å²) in [5.74, 6) is 1.57. The lowest BCUT2D eigenvalue weighted by Crippen LogP contribution is -2.37. The van der Waals surface area contributed by atoms with Crippen molar-refractivity contribution in [2.24, 2.45) is 0 Å². The van der Waals surface area contributed by atoms with Crippen LogP contribution in [-0.2, 0) is 11.2 Å². The van der Waals surface area contributed by atoms with E-state index in [1.54, 1.807) is 6.92 Å². The van der Waals surface area contributed by atoms with Crippen LogP contribution in [0.5, 0.6) is 11.5 Å². The first-order valence-electron chi connectivity index (χ1n) is 9.23. The molecule has 2 rings (SSSR count). The SMILES string of the molecule is CCOc1ccc(CCCNC(=O)C(C)Oc2cccc(C)c2C)cc1. The molecule has 1 atom stereocenters. The van der Waals surface area contributed by atoms with Crippen LogP contribution >= 0.6 is 0 Å². The van der Waals surface area contributed by atoms with Crippen LogP contribution in [0, 0.1) is 13.8 Å². The van der Waals surface area contributed by atoms with Crippen LogP contribution in [0.1, 0.15) is 37.0 Å². The van der Waals surface area contributed by atoms with Gasteiger partial charge in [-0.1, -0.05) is 24.3 Å². The van der Waals surface area contributed by atoms with E-state index < -0.39 is 6.10 Å². The van der Waals surface area contributed by atoms with Gasteiger partial charge in [-0.3, -0.25) is 4.79 Å². The Labute approximate surface area is 156 Å². The third kappa shape index (κ3) is 5.80. The van der Waals surface area contributed by atoms with Crippen molar-refractivity contribution in [3.63, 3.8) is 0 Å². The van der Waals surface area contributed by atoms with E-state index in [0.29, 0.717) is 13.2 Å². The Morgan fingerprint density at radius 3 is 2.54 bits per heavy atom. The Hall–Kier alpha value is -2.49. The fraction of sp³-hybridized carbons (Fsp3) is 0.409. The Kier molecular flexibility index (Phi) is 7.52. The summed E-state index contributed by atoms with van der Waals surface area (Å²) in [4.78, 5) is 12.2. The van der Waals surface area contributed by atoms with Gasteiger partial charge in [0.15, 0.2) is 6.10 Å². The van der Waals surface area contributed by atoms with Crippen molar-refractivity contribution in [1.82, 2.24) is 5.32 Å². The van der Waals surface area contributed by atoms with Crippen molar-refractivity contribution < 1.29 is 14.3 Å². The van der Waals surface area contributed by atoms with Crippen molar-refractivity contribution in [2.75, 3.05) is 13.2 Å². The molecule has 0 spiro atoms. The number of carbonyl (C=O) groups excluding carboxylic acids is 1. The summed E-state index contributed by atoms with van der Waals surface area (Å²) < 4.78 is 11.3. The topological polar surface area (TPSA) is 47.6 Å². The second-order valence-corrected chi connectivity index (χ2v) is 6.43. The first-order chi connectivity index (χ1) is 12.5. The van der Waals surface area contributed by atoms with Crippen LogP contribution in [-0.4, -0.2) is 25.2 Å². The molecule has 0 fully saturated rings. The van der Waals surface area contributed by atoms with Crippen LogP contribution in [0.25, 0.3) is 0 Å². The van der Waals surface area contributed by atoms with E-state index in [9.17, 15) is 4.79 Å². The van der Waals surface area contributed by atoms with Crippen LogP contribution in [0.15, 0.2) is 42.5 Å². The van der Waals surface area contributed by atoms with E-state index in [1.165, 1.54) is 5.56 Å². The van der Waals surface area contributed by atoms with Crippen molar-refractivity contribution in [3.05, 3.63) is 59.2 Å². The second kappa shape index (κ2) is 9.85. The molecule has 4 nitrogen and oxygen atoms in total. The van der Waals surface area contributed by atoms with Gasteiger partial charge >= 0.3 is 0 Å². The van der Waals surface area contributed by atoms with Crippen molar-refractivity contribution in [2.45, 2.75) is 46.6 Å². The quantitative estimate of drug-likeness (QED) is 0.685. The van der Waals surface area contributed by atoms with Gasteiger partial charge in [0.05, 0.1) is 6.61 Å². The highest BCUT2D eigenvalue weighted by molar-refractivity contribution is 5.80. The minimum atomic E-state index is -0.513. The van der Waals surface area contributed by atoms with E-state index in [1.807, 2.05) is 51.1 Å². The predicted molar refractivity (Wildman–Crippen MR) is 105 cm³/mol. The molecule has 0 aliphatic rings. The van der Waals surface area contributed by atoms with E-state index in [2.05, 4.69) is 17.4 Å².